The second-order valence-corrected chi connectivity index (χ2v) is 9.29. The van der Waals surface area contributed by atoms with Crippen LogP contribution in [0.2, 0.25) is 0 Å². The van der Waals surface area contributed by atoms with Crippen LogP contribution in [0.1, 0.15) is 50.7 Å². The molecular weight excluding hydrogens is 398 g/mol. The fourth-order valence-corrected chi connectivity index (χ4v) is 4.84. The Hall–Kier alpha value is -3.12. The van der Waals surface area contributed by atoms with E-state index in [1.807, 2.05) is 30.3 Å². The molecule has 2 aromatic carbocycles. The summed E-state index contributed by atoms with van der Waals surface area (Å²) in [6.07, 6.45) is 2.23. The van der Waals surface area contributed by atoms with Crippen molar-refractivity contribution in [1.29, 1.82) is 0 Å². The molecule has 0 radical (unpaired) electrons. The maximum atomic E-state index is 12.8. The Bertz CT molecular complexity index is 1280. The number of nitrogens with zero attached hydrogens (tertiary/aromatic N) is 2. The monoisotopic (exact) mass is 429 g/mol. The van der Waals surface area contributed by atoms with Gasteiger partial charge in [0.25, 0.3) is 5.56 Å². The third-order valence-corrected chi connectivity index (χ3v) is 6.92. The van der Waals surface area contributed by atoms with Gasteiger partial charge in [0.1, 0.15) is 0 Å². The Kier molecular flexibility index (Phi) is 5.47. The summed E-state index contributed by atoms with van der Waals surface area (Å²) in [6.45, 7) is 8.83. The van der Waals surface area contributed by atoms with E-state index in [0.29, 0.717) is 12.1 Å². The lowest BCUT2D eigenvalue weighted by Gasteiger charge is -2.34. The highest BCUT2D eigenvalue weighted by Gasteiger charge is 2.22. The number of hydrogen-bond donors (Lipinski definition) is 3. The number of anilines is 1. The molecule has 1 saturated heterocycles. The van der Waals surface area contributed by atoms with Crippen LogP contribution in [-0.2, 0) is 0 Å². The van der Waals surface area contributed by atoms with Crippen LogP contribution in [0.4, 0.5) is 5.82 Å². The summed E-state index contributed by atoms with van der Waals surface area (Å²) in [6, 6.07) is 17.3. The zero-order chi connectivity index (χ0) is 22.2. The van der Waals surface area contributed by atoms with Gasteiger partial charge in [-0.05, 0) is 55.8 Å². The minimum Gasteiger partial charge on any atom is -0.365 e. The Balaban J connectivity index is 1.46. The summed E-state index contributed by atoms with van der Waals surface area (Å²) >= 11 is 0. The van der Waals surface area contributed by atoms with Gasteiger partial charge in [-0.15, -0.1) is 0 Å². The van der Waals surface area contributed by atoms with Gasteiger partial charge < -0.3 is 15.2 Å². The molecule has 3 N–H and O–H groups in total. The molecule has 2 aromatic heterocycles. The molecule has 5 rings (SSSR count). The molecule has 3 heterocycles. The van der Waals surface area contributed by atoms with E-state index in [1.54, 1.807) is 0 Å². The van der Waals surface area contributed by atoms with Crippen molar-refractivity contribution in [2.24, 2.45) is 0 Å². The van der Waals surface area contributed by atoms with Gasteiger partial charge in [-0.2, -0.15) is 5.10 Å². The average Bonchev–Trinajstić information content (AvgIpc) is 3.19. The summed E-state index contributed by atoms with van der Waals surface area (Å²) in [5.41, 5.74) is 3.63. The van der Waals surface area contributed by atoms with E-state index >= 15 is 0 Å². The smallest absolute Gasteiger partial charge is 0.252 e. The van der Waals surface area contributed by atoms with Gasteiger partial charge >= 0.3 is 0 Å². The highest BCUT2D eigenvalue weighted by Crippen LogP contribution is 2.29. The molecular formula is C26H31N5O. The van der Waals surface area contributed by atoms with Gasteiger partial charge in [0.2, 0.25) is 0 Å². The van der Waals surface area contributed by atoms with Gasteiger partial charge in [-0.1, -0.05) is 37.3 Å². The molecule has 32 heavy (non-hydrogen) atoms. The first-order valence-corrected chi connectivity index (χ1v) is 11.6. The van der Waals surface area contributed by atoms with Crippen LogP contribution in [0.5, 0.6) is 0 Å². The molecule has 0 saturated carbocycles. The number of aromatic nitrogens is 3. The van der Waals surface area contributed by atoms with Crippen molar-refractivity contribution in [3.8, 4) is 0 Å². The van der Waals surface area contributed by atoms with Crippen LogP contribution >= 0.6 is 0 Å². The van der Waals surface area contributed by atoms with Gasteiger partial charge in [-0.25, -0.2) is 0 Å². The fraction of sp³-hybridized carbons (Fsp3) is 0.385. The van der Waals surface area contributed by atoms with Crippen LogP contribution in [-0.4, -0.2) is 45.3 Å². The number of fused-ring (bicyclic) bond motifs is 2. The number of nitrogens with one attached hydrogen (secondary N) is 3. The molecule has 0 bridgehead atoms. The van der Waals surface area contributed by atoms with Gasteiger partial charge in [0, 0.05) is 42.0 Å². The SMILES string of the molecule is CC(c1ccccc1)c1cc2cc3c(NC4CCN(C(C)C)CC4)n[nH]c3cc2[nH]c1=O. The van der Waals surface area contributed by atoms with Crippen molar-refractivity contribution < 1.29 is 0 Å². The van der Waals surface area contributed by atoms with Crippen LogP contribution in [0.3, 0.4) is 0 Å². The Morgan fingerprint density at radius 2 is 1.78 bits per heavy atom. The molecule has 6 heteroatoms. The summed E-state index contributed by atoms with van der Waals surface area (Å²) in [5.74, 6) is 0.918. The van der Waals surface area contributed by atoms with Crippen LogP contribution in [0.25, 0.3) is 21.8 Å². The number of hydrogen-bond acceptors (Lipinski definition) is 4. The largest absolute Gasteiger partial charge is 0.365 e. The van der Waals surface area contributed by atoms with Gasteiger partial charge in [0.05, 0.1) is 11.0 Å². The van der Waals surface area contributed by atoms with Crippen molar-refractivity contribution in [3.63, 3.8) is 0 Å². The fourth-order valence-electron chi connectivity index (χ4n) is 4.84. The highest BCUT2D eigenvalue weighted by atomic mass is 16.1. The summed E-state index contributed by atoms with van der Waals surface area (Å²) < 4.78 is 0. The molecule has 4 aromatic rings. The van der Waals surface area contributed by atoms with Crippen molar-refractivity contribution in [1.82, 2.24) is 20.1 Å². The van der Waals surface area contributed by atoms with E-state index in [4.69, 9.17) is 0 Å². The average molecular weight is 430 g/mol. The van der Waals surface area contributed by atoms with E-state index in [0.717, 1.165) is 64.7 Å². The first-order chi connectivity index (χ1) is 15.5. The third-order valence-electron chi connectivity index (χ3n) is 6.92. The first-order valence-electron chi connectivity index (χ1n) is 11.6. The van der Waals surface area contributed by atoms with E-state index in [1.165, 1.54) is 0 Å². The van der Waals surface area contributed by atoms with E-state index in [2.05, 4.69) is 64.4 Å². The summed E-state index contributed by atoms with van der Waals surface area (Å²) in [4.78, 5) is 18.4. The van der Waals surface area contributed by atoms with Crippen molar-refractivity contribution in [3.05, 3.63) is 70.0 Å². The molecule has 1 unspecified atom stereocenters. The van der Waals surface area contributed by atoms with E-state index in [-0.39, 0.29) is 11.5 Å². The van der Waals surface area contributed by atoms with Crippen molar-refractivity contribution in [2.45, 2.75) is 51.6 Å². The predicted molar refractivity (Wildman–Crippen MR) is 132 cm³/mol. The first kappa shape index (κ1) is 20.8. The van der Waals surface area contributed by atoms with Crippen LogP contribution in [0, 0.1) is 0 Å². The molecule has 0 amide bonds. The lowest BCUT2D eigenvalue weighted by Crippen LogP contribution is -2.42. The number of pyridine rings is 1. The minimum absolute atomic E-state index is 0.0214. The zero-order valence-corrected chi connectivity index (χ0v) is 19.0. The quantitative estimate of drug-likeness (QED) is 0.424. The summed E-state index contributed by atoms with van der Waals surface area (Å²) in [5, 5.41) is 13.4. The van der Waals surface area contributed by atoms with Crippen molar-refractivity contribution in [2.75, 3.05) is 18.4 Å². The zero-order valence-electron chi connectivity index (χ0n) is 19.0. The number of piperidine rings is 1. The molecule has 1 aliphatic rings. The maximum absolute atomic E-state index is 12.8. The highest BCUT2D eigenvalue weighted by molar-refractivity contribution is 6.00. The molecule has 1 atom stereocenters. The van der Waals surface area contributed by atoms with Crippen LogP contribution in [0.15, 0.2) is 53.3 Å². The molecule has 1 aliphatic heterocycles. The number of H-pyrrole nitrogens is 2. The van der Waals surface area contributed by atoms with E-state index < -0.39 is 0 Å². The maximum Gasteiger partial charge on any atom is 0.252 e. The van der Waals surface area contributed by atoms with Gasteiger partial charge in [0.15, 0.2) is 5.82 Å². The number of aromatic amines is 2. The van der Waals surface area contributed by atoms with E-state index in [9.17, 15) is 4.79 Å². The van der Waals surface area contributed by atoms with Gasteiger partial charge in [-0.3, -0.25) is 9.89 Å². The second-order valence-electron chi connectivity index (χ2n) is 9.29. The number of likely N-dealkylation sites (tertiary alicyclic amines) is 1. The second kappa shape index (κ2) is 8.43. The minimum atomic E-state index is -0.0389. The Labute approximate surface area is 188 Å². The Morgan fingerprint density at radius 3 is 2.50 bits per heavy atom. The normalized spacial score (nSPS) is 16.8. The van der Waals surface area contributed by atoms with Crippen LogP contribution < -0.4 is 10.9 Å². The lowest BCUT2D eigenvalue weighted by molar-refractivity contribution is 0.177. The molecule has 166 valence electrons. The standard InChI is InChI=1S/C26H31N5O/c1-16(2)31-11-9-20(10-12-31)27-25-22-14-19-13-21(17(3)18-7-5-4-6-8-18)26(32)28-23(19)15-24(22)29-30-25/h4-8,13-17,20H,9-12H2,1-3H3,(H,28,32)(H2,27,29,30). The predicted octanol–water partition coefficient (Wildman–Crippen LogP) is 4.84. The molecule has 6 nitrogen and oxygen atoms in total. The number of benzene rings is 2. The third kappa shape index (κ3) is 3.91. The summed E-state index contributed by atoms with van der Waals surface area (Å²) in [7, 11) is 0. The number of rotatable bonds is 5. The lowest BCUT2D eigenvalue weighted by atomic mass is 9.93. The molecule has 1 fully saturated rings. The molecule has 0 spiro atoms. The van der Waals surface area contributed by atoms with Crippen molar-refractivity contribution >= 4 is 27.6 Å². The topological polar surface area (TPSA) is 76.8 Å². The molecule has 0 aliphatic carbocycles. The Morgan fingerprint density at radius 1 is 1.03 bits per heavy atom.